The van der Waals surface area contributed by atoms with Crippen LogP contribution in [0.15, 0.2) is 28.5 Å². The fraction of sp³-hybridized carbons (Fsp3) is 0.312. The minimum Gasteiger partial charge on any atom is -0.347 e. The maximum Gasteiger partial charge on any atom is 0.425 e. The number of amides is 1. The van der Waals surface area contributed by atoms with Gasteiger partial charge in [-0.15, -0.1) is 11.3 Å². The molecule has 0 aliphatic rings. The van der Waals surface area contributed by atoms with Gasteiger partial charge in [-0.2, -0.15) is 13.2 Å². The minimum absolute atomic E-state index is 0.175. The number of hydrogen-bond acceptors (Lipinski definition) is 4. The van der Waals surface area contributed by atoms with Crippen LogP contribution < -0.4 is 5.69 Å². The number of aromatic nitrogens is 3. The summed E-state index contributed by atoms with van der Waals surface area (Å²) in [7, 11) is 4.68. The van der Waals surface area contributed by atoms with Crippen LogP contribution in [0.5, 0.6) is 0 Å². The average molecular weight is 384 g/mol. The summed E-state index contributed by atoms with van der Waals surface area (Å²) in [4.78, 5) is 29.3. The number of alkyl halides is 3. The first-order valence-electron chi connectivity index (χ1n) is 7.51. The average Bonchev–Trinajstić information content (AvgIpc) is 3.15. The molecule has 0 bridgehead atoms. The van der Waals surface area contributed by atoms with E-state index in [1.165, 1.54) is 32.7 Å². The molecule has 6 nitrogen and oxygen atoms in total. The van der Waals surface area contributed by atoms with Crippen LogP contribution in [0.3, 0.4) is 0 Å². The Hall–Kier alpha value is -2.62. The SMILES string of the molecule is CN(C)C(=O)Cn1c(=O)n(C)c2ncc(-c3csc(C(F)(F)F)c3)cc21. The fourth-order valence-electron chi connectivity index (χ4n) is 2.50. The molecule has 26 heavy (non-hydrogen) atoms. The van der Waals surface area contributed by atoms with Gasteiger partial charge in [-0.3, -0.25) is 13.9 Å². The lowest BCUT2D eigenvalue weighted by atomic mass is 10.1. The molecule has 0 fully saturated rings. The van der Waals surface area contributed by atoms with Crippen molar-refractivity contribution in [2.45, 2.75) is 12.7 Å². The first-order chi connectivity index (χ1) is 12.1. The quantitative estimate of drug-likeness (QED) is 0.697. The van der Waals surface area contributed by atoms with Crippen LogP contribution in [0.25, 0.3) is 22.3 Å². The summed E-state index contributed by atoms with van der Waals surface area (Å²) in [5, 5.41) is 1.39. The van der Waals surface area contributed by atoms with E-state index in [1.807, 2.05) is 0 Å². The number of carbonyl (C=O) groups is 1. The summed E-state index contributed by atoms with van der Waals surface area (Å²) >= 11 is 0.597. The molecule has 3 heterocycles. The molecule has 0 saturated heterocycles. The molecule has 0 unspecified atom stereocenters. The largest absolute Gasteiger partial charge is 0.425 e. The topological polar surface area (TPSA) is 60.1 Å². The molecule has 0 radical (unpaired) electrons. The van der Waals surface area contributed by atoms with Crippen LogP contribution in [-0.2, 0) is 24.6 Å². The van der Waals surface area contributed by atoms with Gasteiger partial charge in [0.2, 0.25) is 5.91 Å². The number of pyridine rings is 1. The monoisotopic (exact) mass is 384 g/mol. The standard InChI is InChI=1S/C16H15F3N4O2S/c1-21(2)13(24)7-23-11-4-9(6-20-14(11)22(3)15(23)25)10-5-12(26-8-10)16(17,18)19/h4-6,8H,7H2,1-3H3. The van der Waals surface area contributed by atoms with Crippen LogP contribution >= 0.6 is 11.3 Å². The van der Waals surface area contributed by atoms with E-state index in [0.717, 1.165) is 6.07 Å². The van der Waals surface area contributed by atoms with Crippen molar-refractivity contribution >= 4 is 28.4 Å². The Morgan fingerprint density at radius 2 is 1.96 bits per heavy atom. The third kappa shape index (κ3) is 3.12. The van der Waals surface area contributed by atoms with Gasteiger partial charge in [0.05, 0.1) is 5.52 Å². The van der Waals surface area contributed by atoms with Crippen LogP contribution in [0.1, 0.15) is 4.88 Å². The molecule has 3 aromatic rings. The van der Waals surface area contributed by atoms with Crippen molar-refractivity contribution in [3.8, 4) is 11.1 Å². The lowest BCUT2D eigenvalue weighted by Gasteiger charge is -2.10. The Balaban J connectivity index is 2.12. The van der Waals surface area contributed by atoms with Crippen molar-refractivity contribution in [3.63, 3.8) is 0 Å². The molecule has 3 aromatic heterocycles. The molecule has 10 heteroatoms. The zero-order valence-corrected chi connectivity index (χ0v) is 15.0. The summed E-state index contributed by atoms with van der Waals surface area (Å²) in [5.41, 5.74) is 1.14. The third-order valence-electron chi connectivity index (χ3n) is 3.98. The molecular weight excluding hydrogens is 369 g/mol. The number of imidazole rings is 1. The second kappa shape index (κ2) is 6.27. The molecular formula is C16H15F3N4O2S. The molecule has 0 spiro atoms. The zero-order valence-electron chi connectivity index (χ0n) is 14.2. The molecule has 0 aliphatic carbocycles. The fourth-order valence-corrected chi connectivity index (χ4v) is 3.29. The predicted octanol–water partition coefficient (Wildman–Crippen LogP) is 2.57. The maximum absolute atomic E-state index is 12.8. The molecule has 0 aromatic carbocycles. The number of thiophene rings is 1. The first-order valence-corrected chi connectivity index (χ1v) is 8.39. The zero-order chi connectivity index (χ0) is 19.2. The minimum atomic E-state index is -4.41. The number of nitrogens with zero attached hydrogens (tertiary/aromatic N) is 4. The second-order valence-corrected chi connectivity index (χ2v) is 6.89. The molecule has 0 aliphatic heterocycles. The van der Waals surface area contributed by atoms with Crippen LogP contribution in [0, 0.1) is 0 Å². The second-order valence-electron chi connectivity index (χ2n) is 5.98. The summed E-state index contributed by atoms with van der Waals surface area (Å²) < 4.78 is 41.0. The van der Waals surface area contributed by atoms with E-state index in [-0.39, 0.29) is 12.5 Å². The lowest BCUT2D eigenvalue weighted by Crippen LogP contribution is -2.31. The van der Waals surface area contributed by atoms with E-state index in [1.54, 1.807) is 20.2 Å². The number of halogens is 3. The lowest BCUT2D eigenvalue weighted by molar-refractivity contribution is -0.134. The van der Waals surface area contributed by atoms with Crippen molar-refractivity contribution < 1.29 is 18.0 Å². The highest BCUT2D eigenvalue weighted by molar-refractivity contribution is 7.10. The Morgan fingerprint density at radius 3 is 2.54 bits per heavy atom. The van der Waals surface area contributed by atoms with E-state index >= 15 is 0 Å². The Kier molecular flexibility index (Phi) is 4.39. The highest BCUT2D eigenvalue weighted by Gasteiger charge is 2.32. The van der Waals surface area contributed by atoms with Gasteiger partial charge in [-0.25, -0.2) is 9.78 Å². The number of carbonyl (C=O) groups excluding carboxylic acids is 1. The van der Waals surface area contributed by atoms with Crippen LogP contribution in [0.2, 0.25) is 0 Å². The van der Waals surface area contributed by atoms with E-state index in [0.29, 0.717) is 33.6 Å². The van der Waals surface area contributed by atoms with Crippen LogP contribution in [0.4, 0.5) is 13.2 Å². The summed E-state index contributed by atoms with van der Waals surface area (Å²) in [6.45, 7) is -0.175. The molecule has 0 atom stereocenters. The maximum atomic E-state index is 12.8. The van der Waals surface area contributed by atoms with Crippen molar-refractivity contribution in [2.75, 3.05) is 14.1 Å². The summed E-state index contributed by atoms with van der Waals surface area (Å²) in [5.74, 6) is -0.278. The molecule has 3 rings (SSSR count). The molecule has 0 N–H and O–H groups in total. The smallest absolute Gasteiger partial charge is 0.347 e. The van der Waals surface area contributed by atoms with Crippen molar-refractivity contribution in [2.24, 2.45) is 7.05 Å². The number of hydrogen-bond donors (Lipinski definition) is 0. The van der Waals surface area contributed by atoms with Gasteiger partial charge in [0.25, 0.3) is 0 Å². The van der Waals surface area contributed by atoms with Gasteiger partial charge in [0.1, 0.15) is 11.4 Å². The number of likely N-dealkylation sites (N-methyl/N-ethyl adjacent to an activating group) is 1. The van der Waals surface area contributed by atoms with Crippen molar-refractivity contribution in [1.29, 1.82) is 0 Å². The van der Waals surface area contributed by atoms with Gasteiger partial charge >= 0.3 is 11.9 Å². The summed E-state index contributed by atoms with van der Waals surface area (Å²) in [6, 6.07) is 2.62. The highest BCUT2D eigenvalue weighted by Crippen LogP contribution is 2.37. The number of fused-ring (bicyclic) bond motifs is 1. The van der Waals surface area contributed by atoms with Gasteiger partial charge < -0.3 is 4.90 Å². The predicted molar refractivity (Wildman–Crippen MR) is 92.0 cm³/mol. The van der Waals surface area contributed by atoms with Gasteiger partial charge in [-0.1, -0.05) is 0 Å². The Morgan fingerprint density at radius 1 is 1.27 bits per heavy atom. The van der Waals surface area contributed by atoms with Gasteiger partial charge in [0, 0.05) is 32.9 Å². The van der Waals surface area contributed by atoms with Crippen molar-refractivity contribution in [1.82, 2.24) is 19.0 Å². The van der Waals surface area contributed by atoms with Gasteiger partial charge in [-0.05, 0) is 23.1 Å². The Bertz CT molecular complexity index is 1050. The highest BCUT2D eigenvalue weighted by atomic mass is 32.1. The number of aryl methyl sites for hydroxylation is 1. The molecule has 0 saturated carbocycles. The molecule has 138 valence electrons. The number of rotatable bonds is 3. The van der Waals surface area contributed by atoms with Crippen molar-refractivity contribution in [3.05, 3.63) is 39.1 Å². The van der Waals surface area contributed by atoms with E-state index in [9.17, 15) is 22.8 Å². The van der Waals surface area contributed by atoms with Crippen LogP contribution in [-0.4, -0.2) is 39.0 Å². The van der Waals surface area contributed by atoms with E-state index in [4.69, 9.17) is 0 Å². The third-order valence-corrected chi connectivity index (χ3v) is 4.95. The van der Waals surface area contributed by atoms with E-state index in [2.05, 4.69) is 4.98 Å². The normalized spacial score (nSPS) is 11.9. The van der Waals surface area contributed by atoms with E-state index < -0.39 is 16.7 Å². The molecule has 1 amide bonds. The summed E-state index contributed by atoms with van der Waals surface area (Å²) in [6.07, 6.45) is -2.99. The van der Waals surface area contributed by atoms with Gasteiger partial charge in [0.15, 0.2) is 5.65 Å². The Labute approximate surface area is 150 Å². The first kappa shape index (κ1) is 18.2.